The number of amides is 2. The molecule has 8 heteroatoms. The highest BCUT2D eigenvalue weighted by Gasteiger charge is 2.21. The zero-order valence-electron chi connectivity index (χ0n) is 19.6. The molecule has 0 atom stereocenters. The minimum Gasteiger partial charge on any atom is -0.490 e. The highest BCUT2D eigenvalue weighted by Crippen LogP contribution is 2.31. The predicted molar refractivity (Wildman–Crippen MR) is 132 cm³/mol. The van der Waals surface area contributed by atoms with Crippen LogP contribution in [-0.4, -0.2) is 25.0 Å². The van der Waals surface area contributed by atoms with E-state index in [2.05, 4.69) is 15.4 Å². The van der Waals surface area contributed by atoms with Gasteiger partial charge in [0.1, 0.15) is 5.57 Å². The van der Waals surface area contributed by atoms with Crippen molar-refractivity contribution in [2.24, 2.45) is 0 Å². The Hall–Kier alpha value is -4.20. The van der Waals surface area contributed by atoms with Crippen molar-refractivity contribution in [3.05, 3.63) is 89.0 Å². The average molecular weight is 481 g/mol. The van der Waals surface area contributed by atoms with Gasteiger partial charge in [-0.15, -0.1) is 0 Å². The minimum absolute atomic E-state index is 0.0690. The van der Waals surface area contributed by atoms with Crippen LogP contribution < -0.4 is 20.1 Å². The third-order valence-electron chi connectivity index (χ3n) is 5.07. The summed E-state index contributed by atoms with van der Waals surface area (Å²) in [4.78, 5) is 26.4. The molecule has 3 aromatic carbocycles. The number of alkyl halides is 2. The van der Waals surface area contributed by atoms with Gasteiger partial charge in [0.05, 0.1) is 6.61 Å². The van der Waals surface area contributed by atoms with Crippen LogP contribution in [0.5, 0.6) is 11.5 Å². The van der Waals surface area contributed by atoms with Gasteiger partial charge >= 0.3 is 6.61 Å². The average Bonchev–Trinajstić information content (AvgIpc) is 2.81. The third kappa shape index (κ3) is 6.89. The normalized spacial score (nSPS) is 10.5. The molecule has 3 aromatic rings. The second kappa shape index (κ2) is 11.8. The summed E-state index contributed by atoms with van der Waals surface area (Å²) >= 11 is 0. The first-order chi connectivity index (χ1) is 16.8. The zero-order valence-corrected chi connectivity index (χ0v) is 19.6. The Morgan fingerprint density at radius 1 is 0.857 bits per heavy atom. The molecule has 0 saturated heterocycles. The topological polar surface area (TPSA) is 76.7 Å². The van der Waals surface area contributed by atoms with Crippen molar-refractivity contribution in [2.45, 2.75) is 27.4 Å². The standard InChI is InChI=1S/C27H26F2N2O4/c1-4-34-24-16-19(13-14-23(24)35-27(28)29)15-20(25(32)30-21-11-7-5-9-17(21)2)26(33)31-22-12-8-6-10-18(22)3/h5-16,27H,4H2,1-3H3,(H,30,32)(H,31,33). The summed E-state index contributed by atoms with van der Waals surface area (Å²) in [7, 11) is 0. The van der Waals surface area contributed by atoms with E-state index in [1.165, 1.54) is 24.3 Å². The largest absolute Gasteiger partial charge is 0.490 e. The molecular formula is C27H26F2N2O4. The molecule has 35 heavy (non-hydrogen) atoms. The minimum atomic E-state index is -3.02. The van der Waals surface area contributed by atoms with Gasteiger partial charge in [-0.2, -0.15) is 8.78 Å². The van der Waals surface area contributed by atoms with Crippen molar-refractivity contribution in [2.75, 3.05) is 17.2 Å². The van der Waals surface area contributed by atoms with E-state index < -0.39 is 18.4 Å². The van der Waals surface area contributed by atoms with E-state index in [-0.39, 0.29) is 23.7 Å². The van der Waals surface area contributed by atoms with Crippen LogP contribution in [0.25, 0.3) is 6.08 Å². The molecule has 0 aromatic heterocycles. The lowest BCUT2D eigenvalue weighted by Crippen LogP contribution is -2.26. The maximum absolute atomic E-state index is 13.2. The van der Waals surface area contributed by atoms with E-state index in [0.717, 1.165) is 11.1 Å². The predicted octanol–water partition coefficient (Wildman–Crippen LogP) is 5.96. The van der Waals surface area contributed by atoms with Crippen molar-refractivity contribution < 1.29 is 27.8 Å². The number of halogens is 2. The first-order valence-electron chi connectivity index (χ1n) is 11.0. The highest BCUT2D eigenvalue weighted by molar-refractivity contribution is 6.29. The van der Waals surface area contributed by atoms with Crippen molar-refractivity contribution in [1.29, 1.82) is 0 Å². The van der Waals surface area contributed by atoms with Gasteiger partial charge in [0.15, 0.2) is 11.5 Å². The molecule has 0 spiro atoms. The number of carbonyl (C=O) groups excluding carboxylic acids is 2. The number of benzene rings is 3. The fourth-order valence-corrected chi connectivity index (χ4v) is 3.28. The number of rotatable bonds is 9. The van der Waals surface area contributed by atoms with E-state index in [0.29, 0.717) is 16.9 Å². The van der Waals surface area contributed by atoms with E-state index in [9.17, 15) is 18.4 Å². The van der Waals surface area contributed by atoms with E-state index in [1.807, 2.05) is 38.1 Å². The van der Waals surface area contributed by atoms with Gasteiger partial charge in [0, 0.05) is 11.4 Å². The van der Waals surface area contributed by atoms with Gasteiger partial charge in [-0.3, -0.25) is 9.59 Å². The first-order valence-corrected chi connectivity index (χ1v) is 11.0. The lowest BCUT2D eigenvalue weighted by atomic mass is 10.1. The maximum Gasteiger partial charge on any atom is 0.387 e. The van der Waals surface area contributed by atoms with Crippen LogP contribution >= 0.6 is 0 Å². The fraction of sp³-hybridized carbons (Fsp3) is 0.185. The zero-order chi connectivity index (χ0) is 25.4. The number of ether oxygens (including phenoxy) is 2. The summed E-state index contributed by atoms with van der Waals surface area (Å²) in [6, 6.07) is 18.6. The van der Waals surface area contributed by atoms with Crippen molar-refractivity contribution in [1.82, 2.24) is 0 Å². The molecule has 0 fully saturated rings. The molecule has 0 aliphatic rings. The third-order valence-corrected chi connectivity index (χ3v) is 5.07. The van der Waals surface area contributed by atoms with Crippen LogP contribution in [0, 0.1) is 13.8 Å². The van der Waals surface area contributed by atoms with Gasteiger partial charge in [0.25, 0.3) is 11.8 Å². The molecule has 0 radical (unpaired) electrons. The Bertz CT molecular complexity index is 1180. The molecule has 3 rings (SSSR count). The van der Waals surface area contributed by atoms with Gasteiger partial charge in [-0.05, 0) is 67.8 Å². The Balaban J connectivity index is 2.00. The second-order valence-electron chi connectivity index (χ2n) is 7.61. The van der Waals surface area contributed by atoms with Crippen LogP contribution in [0.2, 0.25) is 0 Å². The quantitative estimate of drug-likeness (QED) is 0.225. The summed E-state index contributed by atoms with van der Waals surface area (Å²) in [5.74, 6) is -1.33. The number of aryl methyl sites for hydroxylation is 2. The van der Waals surface area contributed by atoms with E-state index in [4.69, 9.17) is 4.74 Å². The molecule has 182 valence electrons. The number of carbonyl (C=O) groups is 2. The smallest absolute Gasteiger partial charge is 0.387 e. The Labute approximate surface area is 202 Å². The van der Waals surface area contributed by atoms with Crippen molar-refractivity contribution in [3.63, 3.8) is 0 Å². The molecule has 0 aliphatic carbocycles. The monoisotopic (exact) mass is 480 g/mol. The number of anilines is 2. The van der Waals surface area contributed by atoms with Gasteiger partial charge < -0.3 is 20.1 Å². The van der Waals surface area contributed by atoms with Crippen LogP contribution in [0.3, 0.4) is 0 Å². The summed E-state index contributed by atoms with van der Waals surface area (Å²) < 4.78 is 35.4. The molecule has 2 amide bonds. The molecule has 0 bridgehead atoms. The molecule has 0 saturated carbocycles. The van der Waals surface area contributed by atoms with Gasteiger partial charge in [0.2, 0.25) is 0 Å². The summed E-state index contributed by atoms with van der Waals surface area (Å²) in [6.45, 7) is 2.56. The van der Waals surface area contributed by atoms with Crippen LogP contribution in [0.15, 0.2) is 72.3 Å². The number of nitrogens with one attached hydrogen (secondary N) is 2. The molecule has 0 aliphatic heterocycles. The molecular weight excluding hydrogens is 454 g/mol. The van der Waals surface area contributed by atoms with Gasteiger partial charge in [-0.1, -0.05) is 42.5 Å². The summed E-state index contributed by atoms with van der Waals surface area (Å²) in [5.41, 5.74) is 2.98. The SMILES string of the molecule is CCOc1cc(C=C(C(=O)Nc2ccccc2C)C(=O)Nc2ccccc2C)ccc1OC(F)F. The van der Waals surface area contributed by atoms with Crippen LogP contribution in [-0.2, 0) is 9.59 Å². The number of hydrogen-bond donors (Lipinski definition) is 2. The molecule has 0 heterocycles. The van der Waals surface area contributed by atoms with Crippen LogP contribution in [0.1, 0.15) is 23.6 Å². The summed E-state index contributed by atoms with van der Waals surface area (Å²) in [6.07, 6.45) is 1.37. The summed E-state index contributed by atoms with van der Waals surface area (Å²) in [5, 5.41) is 5.53. The Kier molecular flexibility index (Phi) is 8.56. The number of para-hydroxylation sites is 2. The Morgan fingerprint density at radius 2 is 1.40 bits per heavy atom. The molecule has 0 unspecified atom stereocenters. The second-order valence-corrected chi connectivity index (χ2v) is 7.61. The van der Waals surface area contributed by atoms with Crippen molar-refractivity contribution >= 4 is 29.3 Å². The maximum atomic E-state index is 13.2. The highest BCUT2D eigenvalue weighted by atomic mass is 19.3. The van der Waals surface area contributed by atoms with E-state index in [1.54, 1.807) is 31.2 Å². The molecule has 6 nitrogen and oxygen atoms in total. The van der Waals surface area contributed by atoms with Crippen molar-refractivity contribution in [3.8, 4) is 11.5 Å². The lowest BCUT2D eigenvalue weighted by molar-refractivity contribution is -0.118. The fourth-order valence-electron chi connectivity index (χ4n) is 3.28. The number of hydrogen-bond acceptors (Lipinski definition) is 4. The van der Waals surface area contributed by atoms with E-state index >= 15 is 0 Å². The van der Waals surface area contributed by atoms with Crippen LogP contribution in [0.4, 0.5) is 20.2 Å². The Morgan fingerprint density at radius 3 is 1.89 bits per heavy atom. The first kappa shape index (κ1) is 25.4. The molecule has 2 N–H and O–H groups in total. The van der Waals surface area contributed by atoms with Gasteiger partial charge in [-0.25, -0.2) is 0 Å². The lowest BCUT2D eigenvalue weighted by Gasteiger charge is -2.14.